The van der Waals surface area contributed by atoms with Crippen LogP contribution in [0.3, 0.4) is 0 Å². The number of hydrogen-bond donors (Lipinski definition) is 0. The lowest BCUT2D eigenvalue weighted by Gasteiger charge is -2.20. The number of carbonyl (C=O) groups is 2. The molecule has 3 rings (SSSR count). The van der Waals surface area contributed by atoms with Gasteiger partial charge in [0.2, 0.25) is 0 Å². The van der Waals surface area contributed by atoms with Crippen LogP contribution in [0.1, 0.15) is 44.9 Å². The molecule has 0 unspecified atom stereocenters. The second-order valence-corrected chi connectivity index (χ2v) is 8.00. The number of hydrogen-bond acceptors (Lipinski definition) is 4. The Kier molecular flexibility index (Phi) is 7.44. The molecule has 6 nitrogen and oxygen atoms in total. The molecule has 0 saturated heterocycles. The highest BCUT2D eigenvalue weighted by Crippen LogP contribution is 2.32. The molecule has 0 fully saturated rings. The van der Waals surface area contributed by atoms with Crippen LogP contribution in [0.15, 0.2) is 48.5 Å². The van der Waals surface area contributed by atoms with Crippen molar-refractivity contribution in [3.8, 4) is 5.69 Å². The van der Waals surface area contributed by atoms with Crippen LogP contribution in [0, 0.1) is 13.8 Å². The van der Waals surface area contributed by atoms with Crippen LogP contribution >= 0.6 is 0 Å². The summed E-state index contributed by atoms with van der Waals surface area (Å²) in [6.45, 7) is 3.59. The molecule has 0 radical (unpaired) electrons. The number of halogens is 3. The number of carbonyl (C=O) groups excluding carboxylic acids is 2. The summed E-state index contributed by atoms with van der Waals surface area (Å²) in [5.41, 5.74) is 2.98. The van der Waals surface area contributed by atoms with E-state index in [0.717, 1.165) is 28.7 Å². The predicted molar refractivity (Wildman–Crippen MR) is 121 cm³/mol. The lowest BCUT2D eigenvalue weighted by atomic mass is 10.1. The van der Waals surface area contributed by atoms with E-state index in [1.54, 1.807) is 28.9 Å². The lowest BCUT2D eigenvalue weighted by Crippen LogP contribution is -2.27. The van der Waals surface area contributed by atoms with E-state index in [0.29, 0.717) is 12.0 Å². The third kappa shape index (κ3) is 5.47. The van der Waals surface area contributed by atoms with Gasteiger partial charge in [0, 0.05) is 31.3 Å². The third-order valence-electron chi connectivity index (χ3n) is 5.68. The summed E-state index contributed by atoms with van der Waals surface area (Å²) in [4.78, 5) is 25.6. The first kappa shape index (κ1) is 25.0. The van der Waals surface area contributed by atoms with E-state index in [9.17, 15) is 22.8 Å². The predicted octanol–water partition coefficient (Wildman–Crippen LogP) is 4.89. The van der Waals surface area contributed by atoms with Gasteiger partial charge in [-0.3, -0.25) is 9.59 Å². The molecule has 34 heavy (non-hydrogen) atoms. The molecule has 0 N–H and O–H groups in total. The number of amides is 1. The number of aromatic nitrogens is 2. The number of alkyl halides is 3. The molecule has 3 aromatic rings. The molecule has 0 aliphatic rings. The Morgan fingerprint density at radius 3 is 2.32 bits per heavy atom. The number of nitrogens with zero attached hydrogens (tertiary/aromatic N) is 3. The maximum absolute atomic E-state index is 13.3. The summed E-state index contributed by atoms with van der Waals surface area (Å²) in [5, 5.41) is 4.55. The first-order chi connectivity index (χ1) is 16.0. The van der Waals surface area contributed by atoms with Crippen molar-refractivity contribution in [2.45, 2.75) is 39.4 Å². The molecule has 1 amide bonds. The fourth-order valence-electron chi connectivity index (χ4n) is 3.84. The largest absolute Gasteiger partial charge is 0.469 e. The molecule has 9 heteroatoms. The van der Waals surface area contributed by atoms with Crippen molar-refractivity contribution in [1.82, 2.24) is 14.7 Å². The zero-order chi connectivity index (χ0) is 25.0. The van der Waals surface area contributed by atoms with Crippen molar-refractivity contribution >= 4 is 11.9 Å². The van der Waals surface area contributed by atoms with Crippen molar-refractivity contribution in [2.75, 3.05) is 14.2 Å². The number of benzene rings is 2. The van der Waals surface area contributed by atoms with Gasteiger partial charge in [-0.15, -0.1) is 0 Å². The van der Waals surface area contributed by atoms with Crippen molar-refractivity contribution in [3.63, 3.8) is 0 Å². The molecule has 0 atom stereocenters. The van der Waals surface area contributed by atoms with Gasteiger partial charge in [0.1, 0.15) is 0 Å². The van der Waals surface area contributed by atoms with Crippen LogP contribution in [-0.4, -0.2) is 40.7 Å². The molecule has 180 valence electrons. The van der Waals surface area contributed by atoms with Gasteiger partial charge >= 0.3 is 12.1 Å². The van der Waals surface area contributed by atoms with E-state index in [1.165, 1.54) is 37.3 Å². The smallest absolute Gasteiger partial charge is 0.416 e. The van der Waals surface area contributed by atoms with Gasteiger partial charge in [0.05, 0.1) is 24.1 Å². The van der Waals surface area contributed by atoms with Crippen LogP contribution in [0.4, 0.5) is 13.2 Å². The van der Waals surface area contributed by atoms with Crippen LogP contribution in [0.2, 0.25) is 0 Å². The van der Waals surface area contributed by atoms with Crippen molar-refractivity contribution < 1.29 is 27.5 Å². The highest BCUT2D eigenvalue weighted by atomic mass is 19.4. The number of methoxy groups -OCH3 is 1. The molecule has 0 spiro atoms. The average Bonchev–Trinajstić information content (AvgIpc) is 3.09. The van der Waals surface area contributed by atoms with E-state index in [1.807, 2.05) is 13.8 Å². The zero-order valence-corrected chi connectivity index (χ0v) is 19.4. The molecule has 0 saturated carbocycles. The number of ether oxygens (including phenoxy) is 1. The standard InChI is InChI=1S/C25H26F3N3O3/c1-16-21(13-14-23(32)34-4)17(2)31(29-16)20-11-9-18(10-12-20)24(33)30(3)15-19-7-5-6-8-22(19)25(26,27)28/h5-12H,13-15H2,1-4H3. The average molecular weight is 473 g/mol. The first-order valence-electron chi connectivity index (χ1n) is 10.7. The molecular weight excluding hydrogens is 447 g/mol. The summed E-state index contributed by atoms with van der Waals surface area (Å²) >= 11 is 0. The highest BCUT2D eigenvalue weighted by Gasteiger charge is 2.33. The van der Waals surface area contributed by atoms with Crippen molar-refractivity contribution in [1.29, 1.82) is 0 Å². The van der Waals surface area contributed by atoms with Crippen LogP contribution < -0.4 is 0 Å². The maximum Gasteiger partial charge on any atom is 0.416 e. The van der Waals surface area contributed by atoms with Gasteiger partial charge in [-0.05, 0) is 61.7 Å². The Balaban J connectivity index is 1.76. The molecular formula is C25H26F3N3O3. The summed E-state index contributed by atoms with van der Waals surface area (Å²) in [6, 6.07) is 11.9. The minimum atomic E-state index is -4.49. The van der Waals surface area contributed by atoms with E-state index >= 15 is 0 Å². The topological polar surface area (TPSA) is 64.4 Å². The molecule has 1 aromatic heterocycles. The Bertz CT molecular complexity index is 1180. The fraction of sp³-hybridized carbons (Fsp3) is 0.320. The Morgan fingerprint density at radius 2 is 1.71 bits per heavy atom. The highest BCUT2D eigenvalue weighted by molar-refractivity contribution is 5.94. The van der Waals surface area contributed by atoms with Crippen LogP contribution in [0.5, 0.6) is 0 Å². The van der Waals surface area contributed by atoms with Crippen LogP contribution in [0.25, 0.3) is 5.69 Å². The minimum absolute atomic E-state index is 0.0320. The van der Waals surface area contributed by atoms with Gasteiger partial charge in [0.25, 0.3) is 5.91 Å². The molecule has 2 aromatic carbocycles. The molecule has 1 heterocycles. The third-order valence-corrected chi connectivity index (χ3v) is 5.68. The van der Waals surface area contributed by atoms with E-state index in [2.05, 4.69) is 5.10 Å². The summed E-state index contributed by atoms with van der Waals surface area (Å²) in [5.74, 6) is -0.688. The van der Waals surface area contributed by atoms with E-state index in [-0.39, 0.29) is 24.5 Å². The SMILES string of the molecule is COC(=O)CCc1c(C)nn(-c2ccc(C(=O)N(C)Cc3ccccc3C(F)(F)F)cc2)c1C. The quantitative estimate of drug-likeness (QED) is 0.459. The lowest BCUT2D eigenvalue weighted by molar-refractivity contribution is -0.140. The second kappa shape index (κ2) is 10.1. The Labute approximate surface area is 195 Å². The summed E-state index contributed by atoms with van der Waals surface area (Å²) in [6.07, 6.45) is -3.73. The Morgan fingerprint density at radius 1 is 1.06 bits per heavy atom. The monoisotopic (exact) mass is 473 g/mol. The van der Waals surface area contributed by atoms with Gasteiger partial charge in [-0.2, -0.15) is 18.3 Å². The van der Waals surface area contributed by atoms with Crippen molar-refractivity contribution in [3.05, 3.63) is 82.2 Å². The summed E-state index contributed by atoms with van der Waals surface area (Å²) < 4.78 is 46.2. The second-order valence-electron chi connectivity index (χ2n) is 8.00. The first-order valence-corrected chi connectivity index (χ1v) is 10.7. The van der Waals surface area contributed by atoms with Gasteiger partial charge in [-0.1, -0.05) is 18.2 Å². The Hall–Kier alpha value is -3.62. The number of esters is 1. The van der Waals surface area contributed by atoms with E-state index in [4.69, 9.17) is 4.74 Å². The van der Waals surface area contributed by atoms with Crippen molar-refractivity contribution in [2.24, 2.45) is 0 Å². The maximum atomic E-state index is 13.3. The van der Waals surface area contributed by atoms with Crippen LogP contribution in [-0.2, 0) is 28.7 Å². The molecule has 0 aliphatic heterocycles. The molecule has 0 aliphatic carbocycles. The normalized spacial score (nSPS) is 11.4. The van der Waals surface area contributed by atoms with Gasteiger partial charge < -0.3 is 9.64 Å². The number of rotatable bonds is 7. The van der Waals surface area contributed by atoms with Gasteiger partial charge in [0.15, 0.2) is 0 Å². The molecule has 0 bridgehead atoms. The minimum Gasteiger partial charge on any atom is -0.469 e. The number of aryl methyl sites for hydroxylation is 1. The van der Waals surface area contributed by atoms with Gasteiger partial charge in [-0.25, -0.2) is 4.68 Å². The zero-order valence-electron chi connectivity index (χ0n) is 19.4. The summed E-state index contributed by atoms with van der Waals surface area (Å²) in [7, 11) is 2.82. The van der Waals surface area contributed by atoms with E-state index < -0.39 is 17.6 Å². The fourth-order valence-corrected chi connectivity index (χ4v) is 3.84.